The summed E-state index contributed by atoms with van der Waals surface area (Å²) in [7, 11) is 0. The molecule has 1 aromatic carbocycles. The number of amides is 2. The highest BCUT2D eigenvalue weighted by Crippen LogP contribution is 2.33. The molecule has 0 saturated heterocycles. The van der Waals surface area contributed by atoms with E-state index in [2.05, 4.69) is 10.1 Å². The molecule has 2 amide bonds. The molecule has 0 saturated carbocycles. The second-order valence-electron chi connectivity index (χ2n) is 7.92. The average molecular weight is 409 g/mol. The van der Waals surface area contributed by atoms with Crippen molar-refractivity contribution in [2.45, 2.75) is 40.2 Å². The highest BCUT2D eigenvalue weighted by molar-refractivity contribution is 6.10. The summed E-state index contributed by atoms with van der Waals surface area (Å²) in [6, 6.07) is 11.1. The molecule has 3 rings (SSSR count). The van der Waals surface area contributed by atoms with Crippen molar-refractivity contribution in [2.24, 2.45) is 0 Å². The van der Waals surface area contributed by atoms with Crippen LogP contribution in [0.1, 0.15) is 31.9 Å². The second kappa shape index (κ2) is 7.98. The van der Waals surface area contributed by atoms with Crippen molar-refractivity contribution in [3.63, 3.8) is 0 Å². The van der Waals surface area contributed by atoms with Crippen LogP contribution in [0.2, 0.25) is 0 Å². The zero-order valence-corrected chi connectivity index (χ0v) is 17.5. The van der Waals surface area contributed by atoms with Crippen molar-refractivity contribution in [1.82, 2.24) is 10.1 Å². The monoisotopic (exact) mass is 409 g/mol. The van der Waals surface area contributed by atoms with E-state index in [9.17, 15) is 14.7 Å². The van der Waals surface area contributed by atoms with Gasteiger partial charge in [0.25, 0.3) is 0 Å². The number of hydrogen-bond donors (Lipinski definition) is 1. The standard InChI is InChI=1S/C22H23N3O5/c1-13-6-8-15(9-7-13)17-11-18(30-24-17)16-10-14(2)12-23-19(16)25(20(26)27)21(28)29-22(3,4)5/h6-12H,1-5H3,(H,26,27). The minimum atomic E-state index is -1.51. The Bertz CT molecular complexity index is 1080. The highest BCUT2D eigenvalue weighted by Gasteiger charge is 2.32. The predicted molar refractivity (Wildman–Crippen MR) is 111 cm³/mol. The molecule has 0 aliphatic carbocycles. The van der Waals surface area contributed by atoms with Crippen LogP contribution in [0.15, 0.2) is 47.1 Å². The van der Waals surface area contributed by atoms with Gasteiger partial charge in [0.05, 0.1) is 5.56 Å². The van der Waals surface area contributed by atoms with Gasteiger partial charge < -0.3 is 14.4 Å². The largest absolute Gasteiger partial charge is 0.464 e. The molecule has 0 bridgehead atoms. The summed E-state index contributed by atoms with van der Waals surface area (Å²) < 4.78 is 10.7. The van der Waals surface area contributed by atoms with Crippen molar-refractivity contribution in [2.75, 3.05) is 4.90 Å². The lowest BCUT2D eigenvalue weighted by Gasteiger charge is -2.24. The quantitative estimate of drug-likeness (QED) is 0.614. The molecule has 2 heterocycles. The Labute approximate surface area is 174 Å². The summed E-state index contributed by atoms with van der Waals surface area (Å²) in [6.07, 6.45) is -1.10. The van der Waals surface area contributed by atoms with Crippen LogP contribution in [0, 0.1) is 13.8 Å². The van der Waals surface area contributed by atoms with Crippen molar-refractivity contribution < 1.29 is 24.0 Å². The maximum Gasteiger partial charge on any atom is 0.425 e. The van der Waals surface area contributed by atoms with Crippen LogP contribution in [-0.4, -0.2) is 33.0 Å². The minimum Gasteiger partial charge on any atom is -0.464 e. The van der Waals surface area contributed by atoms with E-state index in [-0.39, 0.29) is 11.6 Å². The summed E-state index contributed by atoms with van der Waals surface area (Å²) in [5.41, 5.74) is 2.74. The molecule has 0 aliphatic heterocycles. The van der Waals surface area contributed by atoms with Crippen LogP contribution in [-0.2, 0) is 4.74 Å². The SMILES string of the molecule is Cc1ccc(-c2cc(-c3cc(C)cnc3N(C(=O)O)C(=O)OC(C)(C)C)on2)cc1. The number of nitrogens with zero attached hydrogens (tertiary/aromatic N) is 3. The lowest BCUT2D eigenvalue weighted by Crippen LogP contribution is -2.41. The number of carbonyl (C=O) groups is 2. The van der Waals surface area contributed by atoms with Gasteiger partial charge in [0.2, 0.25) is 0 Å². The van der Waals surface area contributed by atoms with E-state index in [1.165, 1.54) is 6.20 Å². The molecule has 2 aromatic heterocycles. The third kappa shape index (κ3) is 4.65. The number of hydrogen-bond acceptors (Lipinski definition) is 6. The fourth-order valence-corrected chi connectivity index (χ4v) is 2.75. The molecule has 0 aliphatic rings. The fourth-order valence-electron chi connectivity index (χ4n) is 2.75. The molecule has 0 atom stereocenters. The first-order chi connectivity index (χ1) is 14.0. The van der Waals surface area contributed by atoms with Crippen molar-refractivity contribution in [3.05, 3.63) is 53.7 Å². The van der Waals surface area contributed by atoms with Gasteiger partial charge >= 0.3 is 12.2 Å². The first-order valence-corrected chi connectivity index (χ1v) is 9.32. The Morgan fingerprint density at radius 2 is 1.73 bits per heavy atom. The Hall–Kier alpha value is -3.68. The van der Waals surface area contributed by atoms with Gasteiger partial charge in [-0.1, -0.05) is 35.0 Å². The average Bonchev–Trinajstić information content (AvgIpc) is 3.12. The minimum absolute atomic E-state index is 0.117. The van der Waals surface area contributed by atoms with E-state index in [0.29, 0.717) is 16.2 Å². The number of ether oxygens (including phenoxy) is 1. The van der Waals surface area contributed by atoms with Gasteiger partial charge in [-0.05, 0) is 46.2 Å². The summed E-state index contributed by atoms with van der Waals surface area (Å²) in [4.78, 5) is 29.1. The van der Waals surface area contributed by atoms with Crippen LogP contribution in [0.4, 0.5) is 15.4 Å². The van der Waals surface area contributed by atoms with Gasteiger partial charge in [-0.25, -0.2) is 14.6 Å². The number of pyridine rings is 1. The molecule has 0 spiro atoms. The maximum absolute atomic E-state index is 12.6. The number of rotatable bonds is 3. The Kier molecular flexibility index (Phi) is 5.60. The Morgan fingerprint density at radius 3 is 2.33 bits per heavy atom. The lowest BCUT2D eigenvalue weighted by atomic mass is 10.1. The first kappa shape index (κ1) is 21.0. The fraction of sp³-hybridized carbons (Fsp3) is 0.273. The topological polar surface area (TPSA) is 106 Å². The normalized spacial score (nSPS) is 11.2. The molecule has 30 heavy (non-hydrogen) atoms. The third-order valence-electron chi connectivity index (χ3n) is 4.11. The van der Waals surface area contributed by atoms with Gasteiger partial charge in [0, 0.05) is 17.8 Å². The summed E-state index contributed by atoms with van der Waals surface area (Å²) >= 11 is 0. The molecular formula is C22H23N3O5. The van der Waals surface area contributed by atoms with Crippen molar-refractivity contribution in [3.8, 4) is 22.6 Å². The molecule has 1 N–H and O–H groups in total. The summed E-state index contributed by atoms with van der Waals surface area (Å²) in [5, 5.41) is 13.8. The van der Waals surface area contributed by atoms with E-state index < -0.39 is 17.8 Å². The lowest BCUT2D eigenvalue weighted by molar-refractivity contribution is 0.0581. The Morgan fingerprint density at radius 1 is 1.07 bits per heavy atom. The number of carbonyl (C=O) groups excluding carboxylic acids is 1. The van der Waals surface area contributed by atoms with Gasteiger partial charge in [-0.15, -0.1) is 0 Å². The predicted octanol–water partition coefficient (Wildman–Crippen LogP) is 5.44. The number of anilines is 1. The second-order valence-corrected chi connectivity index (χ2v) is 7.92. The van der Waals surface area contributed by atoms with Crippen molar-refractivity contribution >= 4 is 18.0 Å². The van der Waals surface area contributed by atoms with Gasteiger partial charge in [-0.3, -0.25) is 0 Å². The summed E-state index contributed by atoms with van der Waals surface area (Å²) in [5.74, 6) is 0.167. The molecule has 3 aromatic rings. The molecule has 156 valence electrons. The van der Waals surface area contributed by atoms with Gasteiger partial charge in [-0.2, -0.15) is 4.90 Å². The summed E-state index contributed by atoms with van der Waals surface area (Å²) in [6.45, 7) is 8.74. The van der Waals surface area contributed by atoms with E-state index in [0.717, 1.165) is 16.7 Å². The van der Waals surface area contributed by atoms with Crippen LogP contribution >= 0.6 is 0 Å². The molecule has 0 fully saturated rings. The van der Waals surface area contributed by atoms with Crippen LogP contribution < -0.4 is 4.90 Å². The number of benzene rings is 1. The van der Waals surface area contributed by atoms with Gasteiger partial charge in [0.15, 0.2) is 11.6 Å². The third-order valence-corrected chi connectivity index (χ3v) is 4.11. The zero-order chi connectivity index (χ0) is 22.1. The number of aromatic nitrogens is 2. The molecule has 0 radical (unpaired) electrons. The van der Waals surface area contributed by atoms with E-state index in [4.69, 9.17) is 9.26 Å². The molecule has 8 nitrogen and oxygen atoms in total. The first-order valence-electron chi connectivity index (χ1n) is 9.32. The number of aryl methyl sites for hydroxylation is 2. The van der Waals surface area contributed by atoms with E-state index >= 15 is 0 Å². The molecule has 8 heteroatoms. The van der Waals surface area contributed by atoms with Crippen molar-refractivity contribution in [1.29, 1.82) is 0 Å². The van der Waals surface area contributed by atoms with E-state index in [1.807, 2.05) is 31.2 Å². The van der Waals surface area contributed by atoms with Crippen LogP contribution in [0.25, 0.3) is 22.6 Å². The van der Waals surface area contributed by atoms with Gasteiger partial charge in [0.1, 0.15) is 11.3 Å². The van der Waals surface area contributed by atoms with E-state index in [1.54, 1.807) is 39.8 Å². The maximum atomic E-state index is 12.6. The smallest absolute Gasteiger partial charge is 0.425 e. The number of carboxylic acid groups (broad SMARTS) is 1. The molecular weight excluding hydrogens is 386 g/mol. The van der Waals surface area contributed by atoms with Crippen LogP contribution in [0.3, 0.4) is 0 Å². The number of imide groups is 1. The Balaban J connectivity index is 2.06. The molecule has 0 unspecified atom stereocenters. The highest BCUT2D eigenvalue weighted by atomic mass is 16.6. The van der Waals surface area contributed by atoms with Crippen LogP contribution in [0.5, 0.6) is 0 Å². The zero-order valence-electron chi connectivity index (χ0n) is 17.5.